The Kier molecular flexibility index (Phi) is 4.44. The third kappa shape index (κ3) is 3.39. The lowest BCUT2D eigenvalue weighted by Crippen LogP contribution is -2.44. The van der Waals surface area contributed by atoms with Crippen molar-refractivity contribution >= 4 is 6.03 Å². The predicted molar refractivity (Wildman–Crippen MR) is 94.9 cm³/mol. The van der Waals surface area contributed by atoms with Crippen LogP contribution in [0.15, 0.2) is 40.9 Å². The smallest absolute Gasteiger partial charge is 0.317 e. The van der Waals surface area contributed by atoms with Crippen molar-refractivity contribution in [2.45, 2.75) is 37.9 Å². The highest BCUT2D eigenvalue weighted by Crippen LogP contribution is 2.28. The topological polar surface area (TPSA) is 61.6 Å². The van der Waals surface area contributed by atoms with Crippen LogP contribution in [0.25, 0.3) is 11.3 Å². The number of benzene rings is 1. The fourth-order valence-corrected chi connectivity index (χ4v) is 3.90. The molecule has 132 valence electrons. The van der Waals surface area contributed by atoms with Gasteiger partial charge in [0.05, 0.1) is 6.54 Å². The molecule has 2 aliphatic rings. The van der Waals surface area contributed by atoms with Gasteiger partial charge in [0, 0.05) is 36.8 Å². The molecule has 4 rings (SSSR count). The Balaban J connectivity index is 1.34. The zero-order chi connectivity index (χ0) is 17.2. The van der Waals surface area contributed by atoms with E-state index in [9.17, 15) is 4.79 Å². The number of aromatic nitrogens is 1. The first-order valence-electron chi connectivity index (χ1n) is 8.96. The predicted octanol–water partition coefficient (Wildman–Crippen LogP) is 2.72. The summed E-state index contributed by atoms with van der Waals surface area (Å²) >= 11 is 0. The summed E-state index contributed by atoms with van der Waals surface area (Å²) in [6.07, 6.45) is 3.51. The van der Waals surface area contributed by atoms with Crippen molar-refractivity contribution in [3.8, 4) is 11.3 Å². The van der Waals surface area contributed by atoms with Crippen molar-refractivity contribution in [2.75, 3.05) is 20.1 Å². The largest absolute Gasteiger partial charge is 0.356 e. The van der Waals surface area contributed by atoms with Gasteiger partial charge >= 0.3 is 6.03 Å². The Morgan fingerprint density at radius 2 is 2.04 bits per heavy atom. The molecule has 2 unspecified atom stereocenters. The molecule has 0 spiro atoms. The van der Waals surface area contributed by atoms with Crippen LogP contribution >= 0.6 is 0 Å². The Morgan fingerprint density at radius 1 is 1.24 bits per heavy atom. The van der Waals surface area contributed by atoms with Crippen LogP contribution in [-0.2, 0) is 6.54 Å². The summed E-state index contributed by atoms with van der Waals surface area (Å²) in [5, 5.41) is 7.04. The van der Waals surface area contributed by atoms with Gasteiger partial charge in [0.15, 0.2) is 5.76 Å². The highest BCUT2D eigenvalue weighted by atomic mass is 16.5. The highest BCUT2D eigenvalue weighted by molar-refractivity contribution is 5.74. The first-order chi connectivity index (χ1) is 12.2. The van der Waals surface area contributed by atoms with Gasteiger partial charge < -0.3 is 14.7 Å². The number of amides is 2. The number of carbonyl (C=O) groups is 1. The van der Waals surface area contributed by atoms with Crippen molar-refractivity contribution in [3.05, 3.63) is 42.1 Å². The molecular weight excluding hydrogens is 316 g/mol. The fraction of sp³-hybridized carbons (Fsp3) is 0.474. The second-order valence-electron chi connectivity index (χ2n) is 6.99. The molecule has 25 heavy (non-hydrogen) atoms. The van der Waals surface area contributed by atoms with Gasteiger partial charge in [0.2, 0.25) is 0 Å². The minimum Gasteiger partial charge on any atom is -0.356 e. The number of likely N-dealkylation sites (tertiary alicyclic amines) is 1. The zero-order valence-electron chi connectivity index (χ0n) is 14.5. The molecule has 2 aromatic rings. The molecule has 3 heterocycles. The van der Waals surface area contributed by atoms with E-state index in [1.807, 2.05) is 41.3 Å². The van der Waals surface area contributed by atoms with E-state index in [-0.39, 0.29) is 6.03 Å². The number of hydrogen-bond donors (Lipinski definition) is 1. The van der Waals surface area contributed by atoms with Gasteiger partial charge in [-0.1, -0.05) is 35.5 Å². The molecule has 0 saturated carbocycles. The number of fused-ring (bicyclic) bond motifs is 2. The summed E-state index contributed by atoms with van der Waals surface area (Å²) in [6.45, 7) is 2.02. The van der Waals surface area contributed by atoms with E-state index in [2.05, 4.69) is 22.4 Å². The molecule has 1 aromatic heterocycles. The number of hydrogen-bond acceptors (Lipinski definition) is 4. The molecule has 0 radical (unpaired) electrons. The van der Waals surface area contributed by atoms with Crippen molar-refractivity contribution in [1.82, 2.24) is 20.3 Å². The highest BCUT2D eigenvalue weighted by Gasteiger charge is 2.35. The molecule has 2 bridgehead atoms. The average Bonchev–Trinajstić information content (AvgIpc) is 3.18. The molecule has 1 aromatic carbocycles. The van der Waals surface area contributed by atoms with Crippen molar-refractivity contribution in [1.29, 1.82) is 0 Å². The van der Waals surface area contributed by atoms with E-state index in [1.54, 1.807) is 0 Å². The van der Waals surface area contributed by atoms with Crippen LogP contribution in [0.4, 0.5) is 4.79 Å². The molecule has 0 aliphatic carbocycles. The molecule has 2 atom stereocenters. The van der Waals surface area contributed by atoms with Crippen LogP contribution in [0, 0.1) is 0 Å². The molecule has 6 nitrogen and oxygen atoms in total. The van der Waals surface area contributed by atoms with Gasteiger partial charge in [0.1, 0.15) is 5.69 Å². The maximum Gasteiger partial charge on any atom is 0.317 e. The lowest BCUT2D eigenvalue weighted by Gasteiger charge is -2.25. The van der Waals surface area contributed by atoms with Crippen LogP contribution in [-0.4, -0.2) is 53.2 Å². The molecule has 2 fully saturated rings. The molecule has 6 heteroatoms. The lowest BCUT2D eigenvalue weighted by atomic mass is 10.1. The monoisotopic (exact) mass is 340 g/mol. The summed E-state index contributed by atoms with van der Waals surface area (Å²) in [5.74, 6) is 0.721. The zero-order valence-corrected chi connectivity index (χ0v) is 14.5. The first-order valence-corrected chi connectivity index (χ1v) is 8.96. The Bertz CT molecular complexity index is 730. The maximum atomic E-state index is 12.5. The second kappa shape index (κ2) is 6.88. The molecule has 1 N–H and O–H groups in total. The number of urea groups is 1. The number of likely N-dealkylation sites (N-methyl/N-ethyl adjacent to an activating group) is 1. The van der Waals surface area contributed by atoms with Crippen LogP contribution in [0.5, 0.6) is 0 Å². The van der Waals surface area contributed by atoms with Gasteiger partial charge in [-0.05, 0) is 26.3 Å². The Hall–Kier alpha value is -2.34. The van der Waals surface area contributed by atoms with Crippen molar-refractivity contribution < 1.29 is 9.32 Å². The number of nitrogens with zero attached hydrogens (tertiary/aromatic N) is 3. The summed E-state index contributed by atoms with van der Waals surface area (Å²) in [5.41, 5.74) is 1.72. The van der Waals surface area contributed by atoms with E-state index >= 15 is 0 Å². The SMILES string of the molecule is CN1C2CCC1CN(C(=O)NCc1cc(-c3ccccc3)on1)CC2. The molecule has 2 amide bonds. The minimum atomic E-state index is -0.00906. The number of carbonyl (C=O) groups excluding carboxylic acids is 1. The third-order valence-corrected chi connectivity index (χ3v) is 5.47. The van der Waals surface area contributed by atoms with Gasteiger partial charge in [-0.25, -0.2) is 4.79 Å². The number of rotatable bonds is 3. The van der Waals surface area contributed by atoms with E-state index in [0.717, 1.165) is 36.5 Å². The first kappa shape index (κ1) is 16.1. The standard InChI is InChI=1S/C19H24N4O2/c1-22-16-7-8-17(22)13-23(10-9-16)19(24)20-12-15-11-18(25-21-15)14-5-3-2-4-6-14/h2-6,11,16-17H,7-10,12-13H2,1H3,(H,20,24). The summed E-state index contributed by atoms with van der Waals surface area (Å²) in [4.78, 5) is 16.9. The van der Waals surface area contributed by atoms with Gasteiger partial charge in [-0.3, -0.25) is 4.90 Å². The second-order valence-corrected chi connectivity index (χ2v) is 6.99. The lowest BCUT2D eigenvalue weighted by molar-refractivity contribution is 0.187. The van der Waals surface area contributed by atoms with E-state index < -0.39 is 0 Å². The normalized spacial score (nSPS) is 23.5. The van der Waals surface area contributed by atoms with E-state index in [0.29, 0.717) is 18.6 Å². The fourth-order valence-electron chi connectivity index (χ4n) is 3.90. The molecular formula is C19H24N4O2. The van der Waals surface area contributed by atoms with Crippen molar-refractivity contribution in [3.63, 3.8) is 0 Å². The van der Waals surface area contributed by atoms with Gasteiger partial charge in [-0.2, -0.15) is 0 Å². The maximum absolute atomic E-state index is 12.5. The molecule has 2 saturated heterocycles. The summed E-state index contributed by atoms with van der Waals surface area (Å²) in [6, 6.07) is 12.8. The van der Waals surface area contributed by atoms with E-state index in [1.165, 1.54) is 12.8 Å². The Morgan fingerprint density at radius 3 is 2.88 bits per heavy atom. The van der Waals surface area contributed by atoms with Crippen LogP contribution in [0.2, 0.25) is 0 Å². The Labute approximate surface area is 147 Å². The third-order valence-electron chi connectivity index (χ3n) is 5.47. The van der Waals surface area contributed by atoms with Crippen LogP contribution < -0.4 is 5.32 Å². The molecule has 2 aliphatic heterocycles. The number of nitrogens with one attached hydrogen (secondary N) is 1. The summed E-state index contributed by atoms with van der Waals surface area (Å²) < 4.78 is 5.38. The quantitative estimate of drug-likeness (QED) is 0.933. The van der Waals surface area contributed by atoms with Crippen LogP contribution in [0.3, 0.4) is 0 Å². The summed E-state index contributed by atoms with van der Waals surface area (Å²) in [7, 11) is 2.18. The van der Waals surface area contributed by atoms with Gasteiger partial charge in [0.25, 0.3) is 0 Å². The van der Waals surface area contributed by atoms with E-state index in [4.69, 9.17) is 4.52 Å². The van der Waals surface area contributed by atoms with Crippen molar-refractivity contribution in [2.24, 2.45) is 0 Å². The minimum absolute atomic E-state index is 0.00906. The van der Waals surface area contributed by atoms with Crippen LogP contribution in [0.1, 0.15) is 25.0 Å². The van der Waals surface area contributed by atoms with Gasteiger partial charge in [-0.15, -0.1) is 0 Å². The average molecular weight is 340 g/mol.